The molecule has 0 unspecified atom stereocenters. The molecule has 5 nitrogen and oxygen atoms in total. The molecule has 0 radical (unpaired) electrons. The molecule has 1 aromatic heterocycles. The van der Waals surface area contributed by atoms with E-state index in [1.165, 1.54) is 24.5 Å². The van der Waals surface area contributed by atoms with Gasteiger partial charge in [0.25, 0.3) is 5.91 Å². The van der Waals surface area contributed by atoms with Crippen LogP contribution in [-0.2, 0) is 19.3 Å². The van der Waals surface area contributed by atoms with Crippen molar-refractivity contribution in [2.75, 3.05) is 0 Å². The van der Waals surface area contributed by atoms with Gasteiger partial charge in [-0.1, -0.05) is 6.07 Å². The second-order valence-electron chi connectivity index (χ2n) is 6.72. The Balaban J connectivity index is 2.18. The van der Waals surface area contributed by atoms with Crippen LogP contribution < -0.4 is 15.8 Å². The summed E-state index contributed by atoms with van der Waals surface area (Å²) in [5.74, 6) is -0.0197. The summed E-state index contributed by atoms with van der Waals surface area (Å²) in [6.45, 7) is 5.08. The van der Waals surface area contributed by atoms with Gasteiger partial charge in [-0.15, -0.1) is 0 Å². The van der Waals surface area contributed by atoms with E-state index in [0.29, 0.717) is 5.76 Å². The highest BCUT2D eigenvalue weighted by molar-refractivity contribution is 5.93. The van der Waals surface area contributed by atoms with E-state index in [1.807, 2.05) is 0 Å². The largest absolute Gasteiger partial charge is 0.488 e. The molecule has 0 fully saturated rings. The molecule has 0 aliphatic heterocycles. The number of benzene rings is 1. The quantitative estimate of drug-likeness (QED) is 0.838. The number of ether oxygens (including phenoxy) is 1. The number of amides is 1. The predicted octanol–water partition coefficient (Wildman–Crippen LogP) is 3.86. The molecule has 0 saturated heterocycles. The van der Waals surface area contributed by atoms with Crippen LogP contribution in [0.25, 0.3) is 0 Å². The van der Waals surface area contributed by atoms with Gasteiger partial charge in [0, 0.05) is 6.54 Å². The molecule has 1 amide bonds. The summed E-state index contributed by atoms with van der Waals surface area (Å²) >= 11 is 0. The number of nitrogens with one attached hydrogen (secondary N) is 1. The Morgan fingerprint density at radius 2 is 1.92 bits per heavy atom. The number of nitrogens with two attached hydrogens (primary N) is 1. The van der Waals surface area contributed by atoms with Gasteiger partial charge in [-0.3, -0.25) is 4.79 Å². The van der Waals surface area contributed by atoms with E-state index in [1.54, 1.807) is 20.8 Å². The Kier molecular flexibility index (Phi) is 5.65. The average Bonchev–Trinajstić information content (AvgIpc) is 3.00. The molecule has 26 heavy (non-hydrogen) atoms. The van der Waals surface area contributed by atoms with Crippen LogP contribution in [0.3, 0.4) is 0 Å². The standard InChI is InChI=1S/C18H21F3N2O3/c1-17(2,3)26-13-5-4-11(15(7-13)18(19,20)21)9-23-16(24)12-6-14(8-22)25-10-12/h4-7,10H,8-9,22H2,1-3H3,(H,23,24). The molecule has 0 spiro atoms. The number of rotatable bonds is 5. The molecule has 1 aromatic carbocycles. The van der Waals surface area contributed by atoms with Gasteiger partial charge >= 0.3 is 6.18 Å². The highest BCUT2D eigenvalue weighted by Gasteiger charge is 2.34. The molecule has 0 bridgehead atoms. The lowest BCUT2D eigenvalue weighted by Crippen LogP contribution is -2.25. The lowest BCUT2D eigenvalue weighted by Gasteiger charge is -2.23. The number of halogens is 3. The molecular formula is C18H21F3N2O3. The summed E-state index contributed by atoms with van der Waals surface area (Å²) in [5, 5.41) is 2.45. The van der Waals surface area contributed by atoms with Crippen LogP contribution in [0, 0.1) is 0 Å². The van der Waals surface area contributed by atoms with Crippen LogP contribution in [0.15, 0.2) is 34.9 Å². The molecule has 0 saturated carbocycles. The van der Waals surface area contributed by atoms with Crippen molar-refractivity contribution in [2.24, 2.45) is 5.73 Å². The number of hydrogen-bond acceptors (Lipinski definition) is 4. The van der Waals surface area contributed by atoms with Crippen molar-refractivity contribution < 1.29 is 27.1 Å². The number of furan rings is 1. The molecule has 0 aliphatic rings. The Hall–Kier alpha value is -2.48. The highest BCUT2D eigenvalue weighted by atomic mass is 19.4. The Morgan fingerprint density at radius 1 is 1.23 bits per heavy atom. The van der Waals surface area contributed by atoms with E-state index in [0.717, 1.165) is 6.07 Å². The van der Waals surface area contributed by atoms with Gasteiger partial charge in [0.15, 0.2) is 0 Å². The third kappa shape index (κ3) is 5.26. The summed E-state index contributed by atoms with van der Waals surface area (Å²) in [4.78, 5) is 12.0. The first-order valence-corrected chi connectivity index (χ1v) is 7.94. The van der Waals surface area contributed by atoms with Gasteiger partial charge in [0.1, 0.15) is 23.4 Å². The van der Waals surface area contributed by atoms with Crippen molar-refractivity contribution in [1.29, 1.82) is 0 Å². The normalized spacial score (nSPS) is 12.1. The number of alkyl halides is 3. The van der Waals surface area contributed by atoms with Gasteiger partial charge in [0.2, 0.25) is 0 Å². The number of carbonyl (C=O) groups excluding carboxylic acids is 1. The SMILES string of the molecule is CC(C)(C)Oc1ccc(CNC(=O)c2coc(CN)c2)c(C(F)(F)F)c1. The fourth-order valence-corrected chi connectivity index (χ4v) is 2.27. The van der Waals surface area contributed by atoms with Crippen molar-refractivity contribution in [3.63, 3.8) is 0 Å². The second-order valence-corrected chi connectivity index (χ2v) is 6.72. The first-order chi connectivity index (χ1) is 12.0. The molecule has 2 aromatic rings. The zero-order valence-corrected chi connectivity index (χ0v) is 14.7. The van der Waals surface area contributed by atoms with Crippen LogP contribution >= 0.6 is 0 Å². The van der Waals surface area contributed by atoms with Crippen molar-refractivity contribution in [3.05, 3.63) is 53.0 Å². The first-order valence-electron chi connectivity index (χ1n) is 7.94. The maximum Gasteiger partial charge on any atom is 0.416 e. The van der Waals surface area contributed by atoms with Crippen LogP contribution in [0.4, 0.5) is 13.2 Å². The minimum atomic E-state index is -4.57. The molecule has 0 aliphatic carbocycles. The molecule has 0 atom stereocenters. The Bertz CT molecular complexity index is 777. The summed E-state index contributed by atoms with van der Waals surface area (Å²) in [7, 11) is 0. The van der Waals surface area contributed by atoms with Gasteiger partial charge < -0.3 is 20.2 Å². The number of hydrogen-bond donors (Lipinski definition) is 2. The maximum absolute atomic E-state index is 13.4. The van der Waals surface area contributed by atoms with Crippen molar-refractivity contribution >= 4 is 5.91 Å². The van der Waals surface area contributed by atoms with E-state index in [2.05, 4.69) is 5.32 Å². The van der Waals surface area contributed by atoms with Gasteiger partial charge in [-0.25, -0.2) is 0 Å². The summed E-state index contributed by atoms with van der Waals surface area (Å²) in [6.07, 6.45) is -3.36. The lowest BCUT2D eigenvalue weighted by molar-refractivity contribution is -0.138. The monoisotopic (exact) mass is 370 g/mol. The van der Waals surface area contributed by atoms with Crippen molar-refractivity contribution in [1.82, 2.24) is 5.32 Å². The third-order valence-electron chi connectivity index (χ3n) is 3.37. The van der Waals surface area contributed by atoms with Crippen LogP contribution in [0.1, 0.15) is 48.0 Å². The minimum absolute atomic E-state index is 0.0605. The Labute approximate surface area is 149 Å². The van der Waals surface area contributed by atoms with E-state index >= 15 is 0 Å². The molecule has 142 valence electrons. The summed E-state index contributed by atoms with van der Waals surface area (Å²) in [5.41, 5.74) is 4.05. The zero-order valence-electron chi connectivity index (χ0n) is 14.7. The van der Waals surface area contributed by atoms with Gasteiger partial charge in [-0.2, -0.15) is 13.2 Å². The van der Waals surface area contributed by atoms with Crippen molar-refractivity contribution in [3.8, 4) is 5.75 Å². The Morgan fingerprint density at radius 3 is 2.46 bits per heavy atom. The van der Waals surface area contributed by atoms with E-state index in [4.69, 9.17) is 14.9 Å². The first kappa shape index (κ1) is 19.8. The van der Waals surface area contributed by atoms with Gasteiger partial charge in [-0.05, 0) is 44.5 Å². The second kappa shape index (κ2) is 7.41. The predicted molar refractivity (Wildman–Crippen MR) is 89.6 cm³/mol. The fraction of sp³-hybridized carbons (Fsp3) is 0.389. The zero-order chi connectivity index (χ0) is 19.5. The molecule has 1 heterocycles. The molecular weight excluding hydrogens is 349 g/mol. The molecule has 8 heteroatoms. The minimum Gasteiger partial charge on any atom is -0.488 e. The highest BCUT2D eigenvalue weighted by Crippen LogP contribution is 2.35. The van der Waals surface area contributed by atoms with Crippen molar-refractivity contribution in [2.45, 2.75) is 45.6 Å². The number of carbonyl (C=O) groups is 1. The smallest absolute Gasteiger partial charge is 0.416 e. The third-order valence-corrected chi connectivity index (χ3v) is 3.37. The average molecular weight is 370 g/mol. The fourth-order valence-electron chi connectivity index (χ4n) is 2.27. The maximum atomic E-state index is 13.4. The lowest BCUT2D eigenvalue weighted by atomic mass is 10.1. The van der Waals surface area contributed by atoms with Gasteiger partial charge in [0.05, 0.1) is 17.7 Å². The van der Waals surface area contributed by atoms with Crippen LogP contribution in [0.5, 0.6) is 5.75 Å². The van der Waals surface area contributed by atoms with Crippen LogP contribution in [0.2, 0.25) is 0 Å². The molecule has 3 N–H and O–H groups in total. The van der Waals surface area contributed by atoms with E-state index in [9.17, 15) is 18.0 Å². The van der Waals surface area contributed by atoms with E-state index < -0.39 is 23.2 Å². The topological polar surface area (TPSA) is 77.5 Å². The summed E-state index contributed by atoms with van der Waals surface area (Å²) in [6, 6.07) is 5.13. The summed E-state index contributed by atoms with van der Waals surface area (Å²) < 4.78 is 50.6. The van der Waals surface area contributed by atoms with Crippen LogP contribution in [-0.4, -0.2) is 11.5 Å². The van der Waals surface area contributed by atoms with E-state index in [-0.39, 0.29) is 30.0 Å². The molecule has 2 rings (SSSR count).